The number of nitrogens with zero attached hydrogens (tertiary/aromatic N) is 1. The smallest absolute Gasteiger partial charge is 0.128 e. The van der Waals surface area contributed by atoms with Crippen LogP contribution in [0.3, 0.4) is 0 Å². The average molecular weight is 243 g/mol. The van der Waals surface area contributed by atoms with E-state index in [4.69, 9.17) is 17.3 Å². The van der Waals surface area contributed by atoms with Crippen molar-refractivity contribution in [2.24, 2.45) is 5.73 Å². The Balaban J connectivity index is 2.37. The third-order valence-corrected chi connectivity index (χ3v) is 3.41. The minimum atomic E-state index is -0.609. The first-order valence-corrected chi connectivity index (χ1v) is 5.82. The lowest BCUT2D eigenvalue weighted by molar-refractivity contribution is 0.176. The van der Waals surface area contributed by atoms with Crippen LogP contribution in [-0.2, 0) is 5.54 Å². The lowest BCUT2D eigenvalue weighted by atomic mass is 9.83. The number of hydrogen-bond acceptors (Lipinski definition) is 2. The molecular weight excluding hydrogens is 227 g/mol. The Morgan fingerprint density at radius 2 is 2.25 bits per heavy atom. The SMILES string of the molecule is CN1CCCC(N)(c2cc(Cl)ccc2F)C1. The molecule has 1 atom stereocenters. The Morgan fingerprint density at radius 3 is 2.94 bits per heavy atom. The van der Waals surface area contributed by atoms with Crippen LogP contribution in [0.2, 0.25) is 5.02 Å². The predicted octanol–water partition coefficient (Wildman–Crippen LogP) is 2.36. The van der Waals surface area contributed by atoms with Gasteiger partial charge in [0, 0.05) is 17.1 Å². The van der Waals surface area contributed by atoms with Crippen LogP contribution in [0.5, 0.6) is 0 Å². The van der Waals surface area contributed by atoms with E-state index in [2.05, 4.69) is 4.90 Å². The zero-order chi connectivity index (χ0) is 11.8. The molecule has 1 saturated heterocycles. The highest BCUT2D eigenvalue weighted by Gasteiger charge is 2.34. The van der Waals surface area contributed by atoms with E-state index in [1.54, 1.807) is 12.1 Å². The van der Waals surface area contributed by atoms with Crippen LogP contribution < -0.4 is 5.73 Å². The van der Waals surface area contributed by atoms with Gasteiger partial charge in [0.2, 0.25) is 0 Å². The first kappa shape index (κ1) is 11.8. The number of likely N-dealkylation sites (N-methyl/N-ethyl adjacent to an activating group) is 1. The van der Waals surface area contributed by atoms with Crippen molar-refractivity contribution < 1.29 is 4.39 Å². The predicted molar refractivity (Wildman–Crippen MR) is 64.0 cm³/mol. The molecule has 0 amide bonds. The van der Waals surface area contributed by atoms with Gasteiger partial charge in [0.1, 0.15) is 5.82 Å². The third kappa shape index (κ3) is 2.21. The minimum Gasteiger partial charge on any atom is -0.320 e. The molecule has 2 nitrogen and oxygen atoms in total. The molecule has 0 aromatic heterocycles. The number of piperidine rings is 1. The lowest BCUT2D eigenvalue weighted by Gasteiger charge is -2.39. The van der Waals surface area contributed by atoms with E-state index in [9.17, 15) is 4.39 Å². The monoisotopic (exact) mass is 242 g/mol. The Hall–Kier alpha value is -0.640. The molecule has 1 aromatic carbocycles. The Bertz CT molecular complexity index is 397. The average Bonchev–Trinajstić information content (AvgIpc) is 2.21. The summed E-state index contributed by atoms with van der Waals surface area (Å²) in [4.78, 5) is 2.13. The van der Waals surface area contributed by atoms with E-state index < -0.39 is 5.54 Å². The normalized spacial score (nSPS) is 27.0. The molecule has 1 heterocycles. The fourth-order valence-corrected chi connectivity index (χ4v) is 2.58. The molecular formula is C12H16ClFN2. The van der Waals surface area contributed by atoms with Crippen LogP contribution in [0.1, 0.15) is 18.4 Å². The molecule has 0 spiro atoms. The van der Waals surface area contributed by atoms with Crippen LogP contribution in [0.15, 0.2) is 18.2 Å². The van der Waals surface area contributed by atoms with Gasteiger partial charge in [0.15, 0.2) is 0 Å². The van der Waals surface area contributed by atoms with Crippen molar-refractivity contribution in [1.29, 1.82) is 0 Å². The maximum absolute atomic E-state index is 13.8. The molecule has 4 heteroatoms. The van der Waals surface area contributed by atoms with E-state index in [0.29, 0.717) is 17.1 Å². The summed E-state index contributed by atoms with van der Waals surface area (Å²) in [5.74, 6) is -0.262. The Kier molecular flexibility index (Phi) is 3.19. The van der Waals surface area contributed by atoms with Gasteiger partial charge in [0.05, 0.1) is 5.54 Å². The van der Waals surface area contributed by atoms with Gasteiger partial charge in [-0.05, 0) is 44.6 Å². The second-order valence-corrected chi connectivity index (χ2v) is 5.06. The summed E-state index contributed by atoms with van der Waals surface area (Å²) in [7, 11) is 2.00. The van der Waals surface area contributed by atoms with Gasteiger partial charge in [-0.3, -0.25) is 0 Å². The summed E-state index contributed by atoms with van der Waals surface area (Å²) >= 11 is 5.90. The summed E-state index contributed by atoms with van der Waals surface area (Å²) in [6.45, 7) is 1.69. The van der Waals surface area contributed by atoms with Crippen molar-refractivity contribution in [3.05, 3.63) is 34.6 Å². The largest absolute Gasteiger partial charge is 0.320 e. The fraction of sp³-hybridized carbons (Fsp3) is 0.500. The van der Waals surface area contributed by atoms with E-state index in [0.717, 1.165) is 19.4 Å². The second kappa shape index (κ2) is 4.32. The van der Waals surface area contributed by atoms with Gasteiger partial charge in [-0.15, -0.1) is 0 Å². The molecule has 2 rings (SSSR count). The van der Waals surface area contributed by atoms with Crippen LogP contribution in [0.25, 0.3) is 0 Å². The highest BCUT2D eigenvalue weighted by Crippen LogP contribution is 2.31. The number of rotatable bonds is 1. The molecule has 0 radical (unpaired) electrons. The van der Waals surface area contributed by atoms with Crippen LogP contribution in [-0.4, -0.2) is 25.0 Å². The van der Waals surface area contributed by atoms with E-state index in [1.165, 1.54) is 6.07 Å². The number of benzene rings is 1. The molecule has 0 bridgehead atoms. The summed E-state index contributed by atoms with van der Waals surface area (Å²) in [5, 5.41) is 0.537. The first-order valence-electron chi connectivity index (χ1n) is 5.44. The molecule has 1 fully saturated rings. The topological polar surface area (TPSA) is 29.3 Å². The van der Waals surface area contributed by atoms with Crippen molar-refractivity contribution >= 4 is 11.6 Å². The number of nitrogens with two attached hydrogens (primary N) is 1. The van der Waals surface area contributed by atoms with Crippen molar-refractivity contribution in [2.45, 2.75) is 18.4 Å². The summed E-state index contributed by atoms with van der Waals surface area (Å²) in [5.41, 5.74) is 6.22. The van der Waals surface area contributed by atoms with E-state index in [1.807, 2.05) is 7.05 Å². The molecule has 0 saturated carbocycles. The van der Waals surface area contributed by atoms with Gasteiger partial charge >= 0.3 is 0 Å². The standard InChI is InChI=1S/C12H16ClFN2/c1-16-6-2-5-12(15,8-16)10-7-9(13)3-4-11(10)14/h3-4,7H,2,5-6,8,15H2,1H3. The lowest BCUT2D eigenvalue weighted by Crippen LogP contribution is -2.51. The van der Waals surface area contributed by atoms with Crippen molar-refractivity contribution in [2.75, 3.05) is 20.1 Å². The molecule has 1 unspecified atom stereocenters. The molecule has 16 heavy (non-hydrogen) atoms. The number of halogens is 2. The van der Waals surface area contributed by atoms with E-state index >= 15 is 0 Å². The maximum Gasteiger partial charge on any atom is 0.128 e. The number of hydrogen-bond donors (Lipinski definition) is 1. The highest BCUT2D eigenvalue weighted by molar-refractivity contribution is 6.30. The van der Waals surface area contributed by atoms with Crippen LogP contribution in [0.4, 0.5) is 4.39 Å². The zero-order valence-corrected chi connectivity index (χ0v) is 10.1. The molecule has 0 aliphatic carbocycles. The quantitative estimate of drug-likeness (QED) is 0.819. The molecule has 1 aliphatic rings. The number of likely N-dealkylation sites (tertiary alicyclic amines) is 1. The molecule has 1 aromatic rings. The molecule has 2 N–H and O–H groups in total. The molecule has 1 aliphatic heterocycles. The fourth-order valence-electron chi connectivity index (χ4n) is 2.40. The minimum absolute atomic E-state index is 0.262. The third-order valence-electron chi connectivity index (χ3n) is 3.18. The summed E-state index contributed by atoms with van der Waals surface area (Å²) in [6, 6.07) is 4.59. The zero-order valence-electron chi connectivity index (χ0n) is 9.34. The van der Waals surface area contributed by atoms with Gasteiger partial charge in [0.25, 0.3) is 0 Å². The van der Waals surface area contributed by atoms with Crippen molar-refractivity contribution in [3.63, 3.8) is 0 Å². The van der Waals surface area contributed by atoms with Crippen LogP contribution in [0, 0.1) is 5.82 Å². The Morgan fingerprint density at radius 1 is 1.50 bits per heavy atom. The Labute approximate surface area is 100 Å². The summed E-state index contributed by atoms with van der Waals surface area (Å²) in [6.07, 6.45) is 1.79. The van der Waals surface area contributed by atoms with E-state index in [-0.39, 0.29) is 5.82 Å². The van der Waals surface area contributed by atoms with Gasteiger partial charge < -0.3 is 10.6 Å². The highest BCUT2D eigenvalue weighted by atomic mass is 35.5. The van der Waals surface area contributed by atoms with Gasteiger partial charge in [-0.25, -0.2) is 4.39 Å². The van der Waals surface area contributed by atoms with Crippen LogP contribution >= 0.6 is 11.6 Å². The second-order valence-electron chi connectivity index (χ2n) is 4.62. The van der Waals surface area contributed by atoms with Gasteiger partial charge in [-0.2, -0.15) is 0 Å². The first-order chi connectivity index (χ1) is 7.51. The van der Waals surface area contributed by atoms with Crippen molar-refractivity contribution in [1.82, 2.24) is 4.90 Å². The van der Waals surface area contributed by atoms with Gasteiger partial charge in [-0.1, -0.05) is 11.6 Å². The summed E-state index contributed by atoms with van der Waals surface area (Å²) < 4.78 is 13.8. The molecule has 88 valence electrons. The maximum atomic E-state index is 13.8. The van der Waals surface area contributed by atoms with Crippen molar-refractivity contribution in [3.8, 4) is 0 Å².